The number of benzene rings is 1. The number of aromatic carboxylic acids is 1. The zero-order valence-corrected chi connectivity index (χ0v) is 10.4. The van der Waals surface area contributed by atoms with Gasteiger partial charge in [0.05, 0.1) is 5.56 Å². The molecule has 94 valence electrons. The number of aromatic amines is 1. The maximum Gasteiger partial charge on any atom is 0.343 e. The van der Waals surface area contributed by atoms with Crippen LogP contribution in [-0.2, 0) is 6.54 Å². The first-order valence-corrected chi connectivity index (χ1v) is 6.10. The Kier molecular flexibility index (Phi) is 3.52. The molecule has 7 heteroatoms. The molecule has 0 radical (unpaired) electrons. The first-order chi connectivity index (χ1) is 8.61. The van der Waals surface area contributed by atoms with Gasteiger partial charge in [0.1, 0.15) is 0 Å². The highest BCUT2D eigenvalue weighted by atomic mass is 32.2. The molecule has 1 aromatic heterocycles. The fraction of sp³-hybridized carbons (Fsp3) is 0.182. The van der Waals surface area contributed by atoms with E-state index in [9.17, 15) is 9.59 Å². The normalized spacial score (nSPS) is 10.5. The summed E-state index contributed by atoms with van der Waals surface area (Å²) < 4.78 is 1.51. The van der Waals surface area contributed by atoms with Crippen LogP contribution in [0, 0.1) is 0 Å². The average Bonchev–Trinajstić information content (AvgIpc) is 2.70. The number of nitrogens with one attached hydrogen (secondary N) is 1. The van der Waals surface area contributed by atoms with Gasteiger partial charge in [0, 0.05) is 11.4 Å². The molecule has 2 aromatic rings. The summed E-state index contributed by atoms with van der Waals surface area (Å²) in [6.07, 6.45) is 0. The first kappa shape index (κ1) is 12.4. The summed E-state index contributed by atoms with van der Waals surface area (Å²) in [6.45, 7) is 2.39. The number of aromatic nitrogens is 3. The molecule has 1 heterocycles. The van der Waals surface area contributed by atoms with Crippen LogP contribution in [0.3, 0.4) is 0 Å². The van der Waals surface area contributed by atoms with Crippen LogP contribution in [0.4, 0.5) is 0 Å². The van der Waals surface area contributed by atoms with Gasteiger partial charge in [-0.25, -0.2) is 14.7 Å². The maximum absolute atomic E-state index is 11.4. The summed E-state index contributed by atoms with van der Waals surface area (Å²) in [6, 6.07) is 6.41. The maximum atomic E-state index is 11.4. The molecule has 2 rings (SSSR count). The van der Waals surface area contributed by atoms with E-state index in [0.29, 0.717) is 11.7 Å². The fourth-order valence-corrected chi connectivity index (χ4v) is 2.33. The van der Waals surface area contributed by atoms with Gasteiger partial charge in [-0.3, -0.25) is 4.57 Å². The van der Waals surface area contributed by atoms with E-state index in [1.165, 1.54) is 28.5 Å². The van der Waals surface area contributed by atoms with Gasteiger partial charge < -0.3 is 5.11 Å². The minimum absolute atomic E-state index is 0.231. The van der Waals surface area contributed by atoms with E-state index in [1.807, 2.05) is 6.92 Å². The Morgan fingerprint density at radius 1 is 1.44 bits per heavy atom. The van der Waals surface area contributed by atoms with Crippen molar-refractivity contribution in [3.63, 3.8) is 0 Å². The third kappa shape index (κ3) is 2.45. The molecule has 1 aromatic carbocycles. The fourth-order valence-electron chi connectivity index (χ4n) is 1.43. The second kappa shape index (κ2) is 5.09. The van der Waals surface area contributed by atoms with E-state index >= 15 is 0 Å². The van der Waals surface area contributed by atoms with Crippen molar-refractivity contribution in [2.24, 2.45) is 0 Å². The number of carbonyl (C=O) groups is 1. The summed E-state index contributed by atoms with van der Waals surface area (Å²) in [5.41, 5.74) is -0.0172. The Labute approximate surface area is 107 Å². The molecule has 18 heavy (non-hydrogen) atoms. The second-order valence-corrected chi connectivity index (χ2v) is 4.53. The molecule has 0 bridgehead atoms. The smallest absolute Gasteiger partial charge is 0.343 e. The number of hydrogen-bond donors (Lipinski definition) is 2. The molecule has 0 amide bonds. The van der Waals surface area contributed by atoms with Crippen molar-refractivity contribution in [1.82, 2.24) is 14.8 Å². The van der Waals surface area contributed by atoms with Gasteiger partial charge >= 0.3 is 11.7 Å². The van der Waals surface area contributed by atoms with Gasteiger partial charge in [-0.15, -0.1) is 5.10 Å². The highest BCUT2D eigenvalue weighted by molar-refractivity contribution is 7.99. The Hall–Kier alpha value is -2.02. The lowest BCUT2D eigenvalue weighted by Crippen LogP contribution is -2.15. The molecule has 0 aliphatic heterocycles. The van der Waals surface area contributed by atoms with Gasteiger partial charge in [0.2, 0.25) is 0 Å². The van der Waals surface area contributed by atoms with Gasteiger partial charge in [-0.1, -0.05) is 0 Å². The number of hydrogen-bond acceptors (Lipinski definition) is 4. The Balaban J connectivity index is 2.23. The standard InChI is InChI=1S/C11H11N3O3S/c1-2-14-10(17)12-13-11(14)18-8-5-3-7(4-6-8)9(15)16/h3-6H,2H2,1H3,(H,12,17)(H,15,16). The number of nitrogens with zero attached hydrogens (tertiary/aromatic N) is 2. The highest BCUT2D eigenvalue weighted by Gasteiger charge is 2.09. The zero-order valence-electron chi connectivity index (χ0n) is 9.58. The molecular weight excluding hydrogens is 254 g/mol. The van der Waals surface area contributed by atoms with Crippen molar-refractivity contribution in [1.29, 1.82) is 0 Å². The molecule has 0 spiro atoms. The number of rotatable bonds is 4. The summed E-state index contributed by atoms with van der Waals surface area (Å²) >= 11 is 1.31. The number of carboxylic acids is 1. The van der Waals surface area contributed by atoms with Gasteiger partial charge in [0.15, 0.2) is 5.16 Å². The van der Waals surface area contributed by atoms with E-state index in [0.717, 1.165) is 4.90 Å². The SMILES string of the molecule is CCn1c(Sc2ccc(C(=O)O)cc2)n[nH]c1=O. The molecule has 0 unspecified atom stereocenters. The van der Waals surface area contributed by atoms with Gasteiger partial charge in [0.25, 0.3) is 0 Å². The van der Waals surface area contributed by atoms with Crippen molar-refractivity contribution in [2.75, 3.05) is 0 Å². The van der Waals surface area contributed by atoms with Crippen molar-refractivity contribution in [3.05, 3.63) is 40.3 Å². The highest BCUT2D eigenvalue weighted by Crippen LogP contribution is 2.25. The van der Waals surface area contributed by atoms with Gasteiger partial charge in [-0.2, -0.15) is 0 Å². The van der Waals surface area contributed by atoms with Crippen LogP contribution in [0.1, 0.15) is 17.3 Å². The Bertz CT molecular complexity index is 615. The van der Waals surface area contributed by atoms with Crippen LogP contribution < -0.4 is 5.69 Å². The van der Waals surface area contributed by atoms with Crippen molar-refractivity contribution >= 4 is 17.7 Å². The molecule has 2 N–H and O–H groups in total. The zero-order chi connectivity index (χ0) is 13.1. The van der Waals surface area contributed by atoms with E-state index in [4.69, 9.17) is 5.11 Å². The molecule has 6 nitrogen and oxygen atoms in total. The van der Waals surface area contributed by atoms with Crippen molar-refractivity contribution < 1.29 is 9.90 Å². The van der Waals surface area contributed by atoms with Crippen LogP contribution in [0.15, 0.2) is 39.1 Å². The lowest BCUT2D eigenvalue weighted by Gasteiger charge is -2.02. The summed E-state index contributed by atoms with van der Waals surface area (Å²) in [7, 11) is 0. The quantitative estimate of drug-likeness (QED) is 0.873. The minimum atomic E-state index is -0.961. The number of carboxylic acid groups (broad SMARTS) is 1. The third-order valence-corrected chi connectivity index (χ3v) is 3.35. The van der Waals surface area contributed by atoms with Crippen LogP contribution in [-0.4, -0.2) is 25.8 Å². The monoisotopic (exact) mass is 265 g/mol. The van der Waals surface area contributed by atoms with Gasteiger partial charge in [-0.05, 0) is 43.0 Å². The lowest BCUT2D eigenvalue weighted by molar-refractivity contribution is 0.0697. The third-order valence-electron chi connectivity index (χ3n) is 2.35. The van der Waals surface area contributed by atoms with E-state index < -0.39 is 5.97 Å². The minimum Gasteiger partial charge on any atom is -0.478 e. The number of H-pyrrole nitrogens is 1. The van der Waals surface area contributed by atoms with Crippen LogP contribution >= 0.6 is 11.8 Å². The van der Waals surface area contributed by atoms with Crippen molar-refractivity contribution in [3.8, 4) is 0 Å². The van der Waals surface area contributed by atoms with E-state index in [1.54, 1.807) is 12.1 Å². The molecule has 0 aliphatic carbocycles. The second-order valence-electron chi connectivity index (χ2n) is 3.49. The van der Waals surface area contributed by atoms with Crippen molar-refractivity contribution in [2.45, 2.75) is 23.5 Å². The Morgan fingerprint density at radius 3 is 2.67 bits per heavy atom. The van der Waals surface area contributed by atoms with Crippen LogP contribution in [0.5, 0.6) is 0 Å². The molecule has 0 aliphatic rings. The predicted octanol–water partition coefficient (Wildman–Crippen LogP) is 1.44. The summed E-state index contributed by atoms with van der Waals surface area (Å²) in [5.74, 6) is -0.961. The predicted molar refractivity (Wildman–Crippen MR) is 66.0 cm³/mol. The van der Waals surface area contributed by atoms with Crippen LogP contribution in [0.2, 0.25) is 0 Å². The molecule has 0 saturated heterocycles. The molecular formula is C11H11N3O3S. The van der Waals surface area contributed by atoms with E-state index in [-0.39, 0.29) is 11.3 Å². The molecule has 0 saturated carbocycles. The summed E-state index contributed by atoms with van der Waals surface area (Å²) in [4.78, 5) is 22.9. The lowest BCUT2D eigenvalue weighted by atomic mass is 10.2. The molecule has 0 fully saturated rings. The summed E-state index contributed by atoms with van der Waals surface area (Å²) in [5, 5.41) is 15.6. The Morgan fingerprint density at radius 2 is 2.11 bits per heavy atom. The van der Waals surface area contributed by atoms with E-state index in [2.05, 4.69) is 10.2 Å². The average molecular weight is 265 g/mol. The first-order valence-electron chi connectivity index (χ1n) is 5.28. The topological polar surface area (TPSA) is 88.0 Å². The largest absolute Gasteiger partial charge is 0.478 e. The van der Waals surface area contributed by atoms with Crippen LogP contribution in [0.25, 0.3) is 0 Å². The molecule has 0 atom stereocenters.